The Labute approximate surface area is 178 Å². The van der Waals surface area contributed by atoms with Crippen molar-refractivity contribution in [2.45, 2.75) is 20.0 Å². The van der Waals surface area contributed by atoms with Crippen LogP contribution in [0.2, 0.25) is 0 Å². The fourth-order valence-electron chi connectivity index (χ4n) is 3.04. The number of thiazole rings is 1. The van der Waals surface area contributed by atoms with Gasteiger partial charge in [0.05, 0.1) is 18.9 Å². The number of carbonyl (C=O) groups is 1. The lowest BCUT2D eigenvalue weighted by Gasteiger charge is -2.25. The predicted molar refractivity (Wildman–Crippen MR) is 115 cm³/mol. The standard InChI is InChI=1S/C22H22N2O5S/c1-3-26-14-9-10-17(27-4-2)15(11-14)16-13-30-22(23-16)24-21(25)20-12-28-18-7-5-6-8-19(18)29-20/h5-11,13,20H,3-4,12H2,1-2H3,(H,23,24,25). The molecule has 30 heavy (non-hydrogen) atoms. The molecule has 156 valence electrons. The van der Waals surface area contributed by atoms with Crippen LogP contribution in [0.1, 0.15) is 13.8 Å². The van der Waals surface area contributed by atoms with E-state index in [9.17, 15) is 4.79 Å². The van der Waals surface area contributed by atoms with Crippen molar-refractivity contribution in [3.05, 3.63) is 47.8 Å². The van der Waals surface area contributed by atoms with Crippen LogP contribution in [0.15, 0.2) is 47.8 Å². The number of aromatic nitrogens is 1. The van der Waals surface area contributed by atoms with Crippen LogP contribution in [-0.4, -0.2) is 36.8 Å². The number of nitrogens with zero attached hydrogens (tertiary/aromatic N) is 1. The summed E-state index contributed by atoms with van der Waals surface area (Å²) in [6.07, 6.45) is -0.743. The van der Waals surface area contributed by atoms with Crippen LogP contribution >= 0.6 is 11.3 Å². The molecule has 0 bridgehead atoms. The minimum atomic E-state index is -0.743. The first-order valence-electron chi connectivity index (χ1n) is 9.72. The number of hydrogen-bond acceptors (Lipinski definition) is 7. The van der Waals surface area contributed by atoms with Crippen LogP contribution in [0.25, 0.3) is 11.3 Å². The zero-order valence-electron chi connectivity index (χ0n) is 16.7. The Morgan fingerprint density at radius 3 is 2.77 bits per heavy atom. The van der Waals surface area contributed by atoms with Gasteiger partial charge in [0.15, 0.2) is 16.6 Å². The molecule has 8 heteroatoms. The third kappa shape index (κ3) is 4.33. The monoisotopic (exact) mass is 426 g/mol. The molecule has 2 heterocycles. The quantitative estimate of drug-likeness (QED) is 0.604. The van der Waals surface area contributed by atoms with Crippen molar-refractivity contribution in [3.8, 4) is 34.3 Å². The Morgan fingerprint density at radius 2 is 1.97 bits per heavy atom. The Bertz CT molecular complexity index is 1040. The average Bonchev–Trinajstić information content (AvgIpc) is 3.23. The Hall–Kier alpha value is -3.26. The zero-order chi connectivity index (χ0) is 20.9. The van der Waals surface area contributed by atoms with Gasteiger partial charge in [-0.15, -0.1) is 11.3 Å². The summed E-state index contributed by atoms with van der Waals surface area (Å²) in [5.41, 5.74) is 1.51. The molecule has 1 N–H and O–H groups in total. The fraction of sp³-hybridized carbons (Fsp3) is 0.273. The second-order valence-corrected chi connectivity index (χ2v) is 7.27. The van der Waals surface area contributed by atoms with E-state index in [1.807, 2.05) is 55.6 Å². The second-order valence-electron chi connectivity index (χ2n) is 6.42. The van der Waals surface area contributed by atoms with Crippen molar-refractivity contribution in [3.63, 3.8) is 0 Å². The van der Waals surface area contributed by atoms with Gasteiger partial charge in [0.1, 0.15) is 18.1 Å². The maximum Gasteiger partial charge on any atom is 0.270 e. The summed E-state index contributed by atoms with van der Waals surface area (Å²) in [5.74, 6) is 2.33. The molecule has 1 aromatic heterocycles. The minimum Gasteiger partial charge on any atom is -0.494 e. The molecule has 1 unspecified atom stereocenters. The number of ether oxygens (including phenoxy) is 4. The third-order valence-electron chi connectivity index (χ3n) is 4.37. The van der Waals surface area contributed by atoms with E-state index in [2.05, 4.69) is 10.3 Å². The van der Waals surface area contributed by atoms with Crippen molar-refractivity contribution in [1.29, 1.82) is 0 Å². The maximum absolute atomic E-state index is 12.6. The number of fused-ring (bicyclic) bond motifs is 1. The molecule has 0 saturated carbocycles. The fourth-order valence-corrected chi connectivity index (χ4v) is 3.75. The predicted octanol–water partition coefficient (Wildman–Crippen LogP) is 4.39. The first-order chi connectivity index (χ1) is 14.7. The SMILES string of the molecule is CCOc1ccc(OCC)c(-c2csc(NC(=O)C3COc4ccccc4O3)n2)c1. The van der Waals surface area contributed by atoms with Crippen LogP contribution in [0.5, 0.6) is 23.0 Å². The topological polar surface area (TPSA) is 78.9 Å². The Morgan fingerprint density at radius 1 is 1.17 bits per heavy atom. The van der Waals surface area contributed by atoms with E-state index in [4.69, 9.17) is 18.9 Å². The van der Waals surface area contributed by atoms with Gasteiger partial charge in [0.25, 0.3) is 5.91 Å². The average molecular weight is 426 g/mol. The lowest BCUT2D eigenvalue weighted by molar-refractivity contribution is -0.125. The molecule has 1 amide bonds. The van der Waals surface area contributed by atoms with Crippen LogP contribution in [-0.2, 0) is 4.79 Å². The number of amides is 1. The summed E-state index contributed by atoms with van der Waals surface area (Å²) in [4.78, 5) is 17.2. The van der Waals surface area contributed by atoms with E-state index in [1.54, 1.807) is 6.07 Å². The smallest absolute Gasteiger partial charge is 0.270 e. The van der Waals surface area contributed by atoms with E-state index in [1.165, 1.54) is 11.3 Å². The highest BCUT2D eigenvalue weighted by atomic mass is 32.1. The highest BCUT2D eigenvalue weighted by molar-refractivity contribution is 7.14. The van der Waals surface area contributed by atoms with Gasteiger partial charge in [-0.05, 0) is 44.2 Å². The zero-order valence-corrected chi connectivity index (χ0v) is 17.5. The number of rotatable bonds is 7. The van der Waals surface area contributed by atoms with Crippen LogP contribution in [0.3, 0.4) is 0 Å². The van der Waals surface area contributed by atoms with E-state index < -0.39 is 6.10 Å². The van der Waals surface area contributed by atoms with Crippen LogP contribution < -0.4 is 24.3 Å². The molecule has 1 aliphatic rings. The molecular weight excluding hydrogens is 404 g/mol. The van der Waals surface area contributed by atoms with Crippen molar-refractivity contribution >= 4 is 22.4 Å². The molecule has 1 atom stereocenters. The van der Waals surface area contributed by atoms with Crippen molar-refractivity contribution in [2.75, 3.05) is 25.1 Å². The van der Waals surface area contributed by atoms with Gasteiger partial charge in [0, 0.05) is 10.9 Å². The van der Waals surface area contributed by atoms with Crippen molar-refractivity contribution in [1.82, 2.24) is 4.98 Å². The molecule has 4 rings (SSSR count). The largest absolute Gasteiger partial charge is 0.494 e. The molecule has 0 radical (unpaired) electrons. The number of para-hydroxylation sites is 2. The van der Waals surface area contributed by atoms with E-state index in [0.717, 1.165) is 11.3 Å². The maximum atomic E-state index is 12.6. The lowest BCUT2D eigenvalue weighted by atomic mass is 10.1. The second kappa shape index (κ2) is 9.04. The molecule has 3 aromatic rings. The highest BCUT2D eigenvalue weighted by Gasteiger charge is 2.28. The molecular formula is C22H22N2O5S. The van der Waals surface area contributed by atoms with Crippen molar-refractivity contribution in [2.24, 2.45) is 0 Å². The first kappa shape index (κ1) is 20.0. The summed E-state index contributed by atoms with van der Waals surface area (Å²) in [5, 5.41) is 5.16. The molecule has 0 fully saturated rings. The van der Waals surface area contributed by atoms with Crippen molar-refractivity contribution < 1.29 is 23.7 Å². The number of benzene rings is 2. The summed E-state index contributed by atoms with van der Waals surface area (Å²) in [7, 11) is 0. The van der Waals surface area contributed by atoms with E-state index in [-0.39, 0.29) is 12.5 Å². The molecule has 2 aromatic carbocycles. The molecule has 1 aliphatic heterocycles. The third-order valence-corrected chi connectivity index (χ3v) is 5.13. The molecule has 7 nitrogen and oxygen atoms in total. The summed E-state index contributed by atoms with van der Waals surface area (Å²) < 4.78 is 22.7. The van der Waals surface area contributed by atoms with Gasteiger partial charge in [-0.25, -0.2) is 4.98 Å². The number of carbonyl (C=O) groups excluding carboxylic acids is 1. The van der Waals surface area contributed by atoms with Crippen LogP contribution in [0.4, 0.5) is 5.13 Å². The van der Waals surface area contributed by atoms with E-state index in [0.29, 0.717) is 41.3 Å². The Balaban J connectivity index is 1.49. The van der Waals surface area contributed by atoms with Gasteiger partial charge in [0.2, 0.25) is 6.10 Å². The summed E-state index contributed by atoms with van der Waals surface area (Å²) in [6, 6.07) is 12.9. The van der Waals surface area contributed by atoms with Gasteiger partial charge in [-0.3, -0.25) is 10.1 Å². The van der Waals surface area contributed by atoms with Crippen LogP contribution in [0, 0.1) is 0 Å². The highest BCUT2D eigenvalue weighted by Crippen LogP contribution is 2.36. The molecule has 0 aliphatic carbocycles. The van der Waals surface area contributed by atoms with Gasteiger partial charge in [-0.1, -0.05) is 12.1 Å². The number of hydrogen-bond donors (Lipinski definition) is 1. The molecule has 0 spiro atoms. The van der Waals surface area contributed by atoms with Gasteiger partial charge in [-0.2, -0.15) is 0 Å². The van der Waals surface area contributed by atoms with E-state index >= 15 is 0 Å². The molecule has 0 saturated heterocycles. The van der Waals surface area contributed by atoms with Gasteiger partial charge >= 0.3 is 0 Å². The van der Waals surface area contributed by atoms with Gasteiger partial charge < -0.3 is 18.9 Å². The minimum absolute atomic E-state index is 0.145. The first-order valence-corrected chi connectivity index (χ1v) is 10.6. The summed E-state index contributed by atoms with van der Waals surface area (Å²) >= 11 is 1.33. The number of nitrogens with one attached hydrogen (secondary N) is 1. The Kier molecular flexibility index (Phi) is 6.04. The summed E-state index contributed by atoms with van der Waals surface area (Å²) in [6.45, 7) is 5.11. The normalized spacial score (nSPS) is 14.8. The number of anilines is 1. The lowest BCUT2D eigenvalue weighted by Crippen LogP contribution is -2.40.